The molecule has 138 valence electrons. The highest BCUT2D eigenvalue weighted by atomic mass is 16.6. The van der Waals surface area contributed by atoms with Gasteiger partial charge in [0.05, 0.1) is 12.6 Å². The summed E-state index contributed by atoms with van der Waals surface area (Å²) in [7, 11) is 3.36. The number of esters is 1. The van der Waals surface area contributed by atoms with Gasteiger partial charge in [0.25, 0.3) is 0 Å². The second-order valence-corrected chi connectivity index (χ2v) is 6.14. The van der Waals surface area contributed by atoms with Crippen molar-refractivity contribution in [1.29, 1.82) is 0 Å². The van der Waals surface area contributed by atoms with Gasteiger partial charge >= 0.3 is 5.97 Å². The van der Waals surface area contributed by atoms with Crippen LogP contribution >= 0.6 is 0 Å². The van der Waals surface area contributed by atoms with Gasteiger partial charge in [-0.1, -0.05) is 30.3 Å². The average Bonchev–Trinajstić information content (AvgIpc) is 3.01. The van der Waals surface area contributed by atoms with Gasteiger partial charge in [-0.2, -0.15) is 5.10 Å². The molecule has 6 nitrogen and oxygen atoms in total. The molecule has 0 atom stereocenters. The molecule has 0 aliphatic rings. The fourth-order valence-corrected chi connectivity index (χ4v) is 2.84. The van der Waals surface area contributed by atoms with Crippen molar-refractivity contribution in [2.45, 2.75) is 13.3 Å². The van der Waals surface area contributed by atoms with Crippen LogP contribution in [0.4, 0.5) is 0 Å². The molecule has 1 aromatic heterocycles. The van der Waals surface area contributed by atoms with Gasteiger partial charge in [-0.05, 0) is 29.3 Å². The summed E-state index contributed by atoms with van der Waals surface area (Å²) in [6, 6.07) is 10.9. The maximum absolute atomic E-state index is 12.4. The van der Waals surface area contributed by atoms with Crippen molar-refractivity contribution in [1.82, 2.24) is 9.78 Å². The van der Waals surface area contributed by atoms with Crippen LogP contribution in [0.2, 0.25) is 0 Å². The van der Waals surface area contributed by atoms with Crippen LogP contribution in [0.3, 0.4) is 0 Å². The van der Waals surface area contributed by atoms with Crippen LogP contribution in [-0.2, 0) is 23.1 Å². The Balaban J connectivity index is 1.77. The van der Waals surface area contributed by atoms with Crippen molar-refractivity contribution in [2.75, 3.05) is 7.11 Å². The van der Waals surface area contributed by atoms with Crippen molar-refractivity contribution in [3.63, 3.8) is 0 Å². The van der Waals surface area contributed by atoms with Gasteiger partial charge in [-0.25, -0.2) is 0 Å². The Morgan fingerprint density at radius 3 is 2.74 bits per heavy atom. The van der Waals surface area contributed by atoms with Crippen LogP contribution in [0.15, 0.2) is 48.7 Å². The Labute approximate surface area is 157 Å². The monoisotopic (exact) mass is 364 g/mol. The van der Waals surface area contributed by atoms with E-state index in [4.69, 9.17) is 9.47 Å². The maximum Gasteiger partial charge on any atom is 0.308 e. The second kappa shape index (κ2) is 7.86. The van der Waals surface area contributed by atoms with E-state index in [2.05, 4.69) is 5.10 Å². The van der Waals surface area contributed by atoms with Crippen molar-refractivity contribution in [3.8, 4) is 11.5 Å². The van der Waals surface area contributed by atoms with Crippen molar-refractivity contribution < 1.29 is 19.1 Å². The van der Waals surface area contributed by atoms with E-state index in [9.17, 15) is 9.59 Å². The fourth-order valence-electron chi connectivity index (χ4n) is 2.84. The van der Waals surface area contributed by atoms with Crippen LogP contribution in [0.5, 0.6) is 11.5 Å². The summed E-state index contributed by atoms with van der Waals surface area (Å²) >= 11 is 0. The number of nitrogens with zero attached hydrogens (tertiary/aromatic N) is 2. The lowest BCUT2D eigenvalue weighted by Gasteiger charge is -2.08. The Hall–Kier alpha value is -3.41. The lowest BCUT2D eigenvalue weighted by atomic mass is 10.1. The van der Waals surface area contributed by atoms with Gasteiger partial charge in [-0.3, -0.25) is 14.3 Å². The SMILES string of the molecule is COc1ccc(/C=C/C(=O)Cc2cccc3cn(C)nc23)cc1OC(C)=O. The number of benzene rings is 2. The van der Waals surface area contributed by atoms with Crippen LogP contribution in [-0.4, -0.2) is 28.6 Å². The van der Waals surface area contributed by atoms with E-state index in [0.29, 0.717) is 11.5 Å². The molecule has 3 rings (SSSR count). The van der Waals surface area contributed by atoms with Crippen molar-refractivity contribution in [2.24, 2.45) is 7.05 Å². The molecule has 6 heteroatoms. The minimum Gasteiger partial charge on any atom is -0.493 e. The molecule has 0 spiro atoms. The summed E-state index contributed by atoms with van der Waals surface area (Å²) < 4.78 is 12.0. The Kier molecular flexibility index (Phi) is 5.35. The number of fused-ring (bicyclic) bond motifs is 1. The number of aryl methyl sites for hydroxylation is 1. The molecule has 2 aromatic carbocycles. The summed E-state index contributed by atoms with van der Waals surface area (Å²) in [5.41, 5.74) is 2.46. The van der Waals surface area contributed by atoms with Gasteiger partial charge in [0.1, 0.15) is 0 Å². The largest absolute Gasteiger partial charge is 0.493 e. The normalized spacial score (nSPS) is 11.1. The first-order valence-electron chi connectivity index (χ1n) is 8.45. The van der Waals surface area contributed by atoms with E-state index in [0.717, 1.165) is 22.0 Å². The fraction of sp³-hybridized carbons (Fsp3) is 0.190. The summed E-state index contributed by atoms with van der Waals surface area (Å²) in [5.74, 6) is 0.292. The molecular weight excluding hydrogens is 344 g/mol. The number of aromatic nitrogens is 2. The summed E-state index contributed by atoms with van der Waals surface area (Å²) in [6.07, 6.45) is 5.39. The van der Waals surface area contributed by atoms with Gasteiger partial charge in [0.15, 0.2) is 17.3 Å². The molecule has 0 N–H and O–H groups in total. The van der Waals surface area contributed by atoms with E-state index < -0.39 is 5.97 Å². The number of hydrogen-bond acceptors (Lipinski definition) is 5. The van der Waals surface area contributed by atoms with Crippen LogP contribution in [0.25, 0.3) is 17.0 Å². The molecule has 0 fully saturated rings. The minimum atomic E-state index is -0.436. The molecule has 0 amide bonds. The minimum absolute atomic E-state index is 0.0435. The third-order valence-electron chi connectivity index (χ3n) is 4.00. The number of allylic oxidation sites excluding steroid dienone is 1. The number of hydrogen-bond donors (Lipinski definition) is 0. The highest BCUT2D eigenvalue weighted by Crippen LogP contribution is 2.28. The van der Waals surface area contributed by atoms with E-state index in [1.807, 2.05) is 31.4 Å². The summed E-state index contributed by atoms with van der Waals surface area (Å²) in [6.45, 7) is 1.32. The van der Waals surface area contributed by atoms with Gasteiger partial charge in [0, 0.05) is 32.0 Å². The topological polar surface area (TPSA) is 70.4 Å². The molecule has 0 aliphatic carbocycles. The van der Waals surface area contributed by atoms with Gasteiger partial charge in [-0.15, -0.1) is 0 Å². The van der Waals surface area contributed by atoms with Gasteiger partial charge in [0.2, 0.25) is 0 Å². The molecule has 0 aliphatic heterocycles. The highest BCUT2D eigenvalue weighted by Gasteiger charge is 2.09. The van der Waals surface area contributed by atoms with Gasteiger partial charge < -0.3 is 9.47 Å². The lowest BCUT2D eigenvalue weighted by molar-refractivity contribution is -0.132. The summed E-state index contributed by atoms with van der Waals surface area (Å²) in [4.78, 5) is 23.6. The zero-order valence-electron chi connectivity index (χ0n) is 15.4. The third-order valence-corrected chi connectivity index (χ3v) is 4.00. The smallest absolute Gasteiger partial charge is 0.308 e. The van der Waals surface area contributed by atoms with Crippen LogP contribution in [0.1, 0.15) is 18.1 Å². The van der Waals surface area contributed by atoms with E-state index in [-0.39, 0.29) is 12.2 Å². The number of methoxy groups -OCH3 is 1. The molecule has 0 saturated heterocycles. The number of ketones is 1. The predicted molar refractivity (Wildman–Crippen MR) is 103 cm³/mol. The Morgan fingerprint density at radius 2 is 2.00 bits per heavy atom. The molecule has 0 bridgehead atoms. The second-order valence-electron chi connectivity index (χ2n) is 6.14. The number of rotatable bonds is 6. The zero-order valence-corrected chi connectivity index (χ0v) is 15.4. The van der Waals surface area contributed by atoms with Crippen molar-refractivity contribution >= 4 is 28.7 Å². The van der Waals surface area contributed by atoms with Crippen molar-refractivity contribution in [3.05, 3.63) is 59.8 Å². The Bertz CT molecular complexity index is 1030. The number of carbonyl (C=O) groups is 2. The highest BCUT2D eigenvalue weighted by molar-refractivity contribution is 5.97. The molecule has 0 radical (unpaired) electrons. The average molecular weight is 364 g/mol. The van der Waals surface area contributed by atoms with Crippen LogP contribution < -0.4 is 9.47 Å². The molecule has 1 heterocycles. The zero-order chi connectivity index (χ0) is 19.4. The lowest BCUT2D eigenvalue weighted by Crippen LogP contribution is -2.03. The predicted octanol–water partition coefficient (Wildman–Crippen LogP) is 3.33. The molecule has 0 unspecified atom stereocenters. The first kappa shape index (κ1) is 18.4. The van der Waals surface area contributed by atoms with E-state index >= 15 is 0 Å². The van der Waals surface area contributed by atoms with E-state index in [1.54, 1.807) is 29.0 Å². The van der Waals surface area contributed by atoms with Crippen LogP contribution in [0, 0.1) is 0 Å². The maximum atomic E-state index is 12.4. The first-order valence-corrected chi connectivity index (χ1v) is 8.45. The number of ether oxygens (including phenoxy) is 2. The third kappa shape index (κ3) is 4.41. The number of carbonyl (C=O) groups excluding carboxylic acids is 2. The summed E-state index contributed by atoms with van der Waals surface area (Å²) in [5, 5.41) is 5.43. The standard InChI is InChI=1S/C21H20N2O4/c1-14(24)27-20-11-15(8-10-19(20)26-3)7-9-18(25)12-16-5-4-6-17-13-23(2)22-21(16)17/h4-11,13H,12H2,1-3H3/b9-7+. The molecular formula is C21H20N2O4. The molecule has 27 heavy (non-hydrogen) atoms. The first-order chi connectivity index (χ1) is 13.0. The Morgan fingerprint density at radius 1 is 1.19 bits per heavy atom. The molecule has 3 aromatic rings. The molecule has 0 saturated carbocycles. The quantitative estimate of drug-likeness (QED) is 0.381. The van der Waals surface area contributed by atoms with E-state index in [1.165, 1.54) is 20.1 Å².